The van der Waals surface area contributed by atoms with Gasteiger partial charge in [0.25, 0.3) is 0 Å². The summed E-state index contributed by atoms with van der Waals surface area (Å²) in [4.78, 5) is 14.8. The molecule has 0 saturated heterocycles. The van der Waals surface area contributed by atoms with Crippen LogP contribution in [0.15, 0.2) is 71.9 Å². The van der Waals surface area contributed by atoms with Crippen molar-refractivity contribution < 1.29 is 19.0 Å². The van der Waals surface area contributed by atoms with Gasteiger partial charge in [-0.3, -0.25) is 9.36 Å². The van der Waals surface area contributed by atoms with E-state index in [1.54, 1.807) is 26.2 Å². The van der Waals surface area contributed by atoms with Gasteiger partial charge in [0, 0.05) is 19.2 Å². The lowest BCUT2D eigenvalue weighted by atomic mass is 10.1. The molecule has 0 unspecified atom stereocenters. The molecule has 198 valence electrons. The Morgan fingerprint density at radius 3 is 2.32 bits per heavy atom. The number of carbonyl (C=O) groups is 1. The normalized spacial score (nSPS) is 10.8. The quantitative estimate of drug-likeness (QED) is 0.250. The summed E-state index contributed by atoms with van der Waals surface area (Å²) in [7, 11) is 6.67. The van der Waals surface area contributed by atoms with Crippen LogP contribution in [0.3, 0.4) is 0 Å². The van der Waals surface area contributed by atoms with Crippen LogP contribution >= 0.6 is 11.8 Å². The van der Waals surface area contributed by atoms with Crippen LogP contribution in [0.2, 0.25) is 0 Å². The van der Waals surface area contributed by atoms with Crippen molar-refractivity contribution in [3.8, 4) is 34.3 Å². The summed E-state index contributed by atoms with van der Waals surface area (Å²) in [5.41, 5.74) is 3.97. The van der Waals surface area contributed by atoms with E-state index in [1.807, 2.05) is 85.3 Å². The number of para-hydroxylation sites is 2. The Balaban J connectivity index is 1.50. The first kappa shape index (κ1) is 27.1. The Morgan fingerprint density at radius 2 is 1.61 bits per heavy atom. The molecule has 8 nitrogen and oxygen atoms in total. The lowest BCUT2D eigenvalue weighted by Crippen LogP contribution is -2.30. The molecular formula is C29H32N4O4S. The number of benzene rings is 3. The van der Waals surface area contributed by atoms with Crippen LogP contribution in [0.1, 0.15) is 11.1 Å². The summed E-state index contributed by atoms with van der Waals surface area (Å²) in [6.07, 6.45) is 0.697. The van der Waals surface area contributed by atoms with Gasteiger partial charge >= 0.3 is 0 Å². The number of carbonyl (C=O) groups excluding carboxylic acids is 1. The first-order valence-electron chi connectivity index (χ1n) is 12.2. The van der Waals surface area contributed by atoms with Crippen LogP contribution < -0.4 is 14.2 Å². The first-order valence-corrected chi connectivity index (χ1v) is 13.2. The molecule has 1 amide bonds. The van der Waals surface area contributed by atoms with Crippen LogP contribution in [0, 0.1) is 6.92 Å². The highest BCUT2D eigenvalue weighted by molar-refractivity contribution is 7.99. The highest BCUT2D eigenvalue weighted by atomic mass is 32.2. The zero-order valence-electron chi connectivity index (χ0n) is 22.3. The van der Waals surface area contributed by atoms with Crippen LogP contribution in [0.4, 0.5) is 0 Å². The minimum absolute atomic E-state index is 0.00180. The molecule has 4 rings (SSSR count). The molecule has 0 aliphatic heterocycles. The number of rotatable bonds is 11. The predicted octanol–water partition coefficient (Wildman–Crippen LogP) is 5.06. The van der Waals surface area contributed by atoms with Crippen molar-refractivity contribution >= 4 is 17.7 Å². The maximum Gasteiger partial charge on any atom is 0.232 e. The number of likely N-dealkylation sites (N-methyl/N-ethyl adjacent to an activating group) is 1. The molecule has 0 aliphatic rings. The second-order valence-corrected chi connectivity index (χ2v) is 9.67. The summed E-state index contributed by atoms with van der Waals surface area (Å²) >= 11 is 1.35. The SMILES string of the molecule is COc1ccc(CCN(C)C(=O)CSc2nnc(-c3ccc(C)cc3)n2-c2ccccc2OC)cc1OC. The number of hydrogen-bond donors (Lipinski definition) is 0. The average molecular weight is 533 g/mol. The Hall–Kier alpha value is -3.98. The first-order chi connectivity index (χ1) is 18.4. The smallest absolute Gasteiger partial charge is 0.232 e. The molecular weight excluding hydrogens is 500 g/mol. The topological polar surface area (TPSA) is 78.7 Å². The highest BCUT2D eigenvalue weighted by Gasteiger charge is 2.20. The molecule has 0 aliphatic carbocycles. The number of thioether (sulfide) groups is 1. The molecule has 0 bridgehead atoms. The summed E-state index contributed by atoms with van der Waals surface area (Å²) in [5.74, 6) is 2.97. The molecule has 38 heavy (non-hydrogen) atoms. The van der Waals surface area contributed by atoms with Crippen molar-refractivity contribution in [1.29, 1.82) is 0 Å². The largest absolute Gasteiger partial charge is 0.495 e. The fraction of sp³-hybridized carbons (Fsp3) is 0.276. The zero-order chi connectivity index (χ0) is 27.1. The Kier molecular flexibility index (Phi) is 8.91. The minimum Gasteiger partial charge on any atom is -0.495 e. The van der Waals surface area contributed by atoms with Crippen molar-refractivity contribution in [3.63, 3.8) is 0 Å². The number of amides is 1. The van der Waals surface area contributed by atoms with Crippen LogP contribution in [-0.4, -0.2) is 66.2 Å². The number of aromatic nitrogens is 3. The van der Waals surface area contributed by atoms with Gasteiger partial charge in [0.15, 0.2) is 22.5 Å². The summed E-state index contributed by atoms with van der Waals surface area (Å²) in [6.45, 7) is 2.62. The molecule has 0 fully saturated rings. The Morgan fingerprint density at radius 1 is 0.895 bits per heavy atom. The molecule has 0 N–H and O–H groups in total. The van der Waals surface area contributed by atoms with E-state index in [-0.39, 0.29) is 11.7 Å². The fourth-order valence-corrected chi connectivity index (χ4v) is 4.86. The van der Waals surface area contributed by atoms with Crippen molar-refractivity contribution in [3.05, 3.63) is 77.9 Å². The average Bonchev–Trinajstić information content (AvgIpc) is 3.38. The molecule has 0 radical (unpaired) electrons. The van der Waals surface area contributed by atoms with Gasteiger partial charge in [-0.15, -0.1) is 10.2 Å². The van der Waals surface area contributed by atoms with E-state index in [0.717, 1.165) is 22.4 Å². The van der Waals surface area contributed by atoms with Gasteiger partial charge in [0.1, 0.15) is 5.75 Å². The van der Waals surface area contributed by atoms with Gasteiger partial charge in [-0.2, -0.15) is 0 Å². The Bertz CT molecular complexity index is 1390. The van der Waals surface area contributed by atoms with E-state index < -0.39 is 0 Å². The van der Waals surface area contributed by atoms with Gasteiger partial charge in [-0.05, 0) is 43.2 Å². The third-order valence-corrected chi connectivity index (χ3v) is 7.12. The summed E-state index contributed by atoms with van der Waals surface area (Å²) < 4.78 is 18.3. The molecule has 0 spiro atoms. The van der Waals surface area contributed by atoms with E-state index >= 15 is 0 Å². The molecule has 1 heterocycles. The number of nitrogens with zero attached hydrogens (tertiary/aromatic N) is 4. The van der Waals surface area contributed by atoms with E-state index in [4.69, 9.17) is 14.2 Å². The van der Waals surface area contributed by atoms with Gasteiger partial charge in [0.05, 0.1) is 32.8 Å². The molecule has 3 aromatic carbocycles. The standard InChI is InChI=1S/C29H32N4O4S/c1-20-10-13-22(14-11-20)28-30-31-29(33(28)23-8-6-7-9-24(23)35-3)38-19-27(34)32(2)17-16-21-12-15-25(36-4)26(18-21)37-5/h6-15,18H,16-17,19H2,1-5H3. The number of hydrogen-bond acceptors (Lipinski definition) is 7. The summed E-state index contributed by atoms with van der Waals surface area (Å²) in [6, 6.07) is 21.6. The van der Waals surface area contributed by atoms with Gasteiger partial charge < -0.3 is 19.1 Å². The highest BCUT2D eigenvalue weighted by Crippen LogP contribution is 2.33. The molecule has 0 atom stereocenters. The van der Waals surface area contributed by atoms with Crippen molar-refractivity contribution in [1.82, 2.24) is 19.7 Å². The third kappa shape index (κ3) is 6.11. The molecule has 0 saturated carbocycles. The van der Waals surface area contributed by atoms with E-state index in [0.29, 0.717) is 41.2 Å². The monoisotopic (exact) mass is 532 g/mol. The molecule has 4 aromatic rings. The predicted molar refractivity (Wildman–Crippen MR) is 150 cm³/mol. The number of methoxy groups -OCH3 is 3. The third-order valence-electron chi connectivity index (χ3n) is 6.20. The van der Waals surface area contributed by atoms with Gasteiger partial charge in [-0.1, -0.05) is 59.8 Å². The van der Waals surface area contributed by atoms with E-state index in [1.165, 1.54) is 11.8 Å². The van der Waals surface area contributed by atoms with Gasteiger partial charge in [-0.25, -0.2) is 0 Å². The number of ether oxygens (including phenoxy) is 3. The second kappa shape index (κ2) is 12.5. The maximum atomic E-state index is 13.0. The van der Waals surface area contributed by atoms with Crippen molar-refractivity contribution in [2.75, 3.05) is 40.7 Å². The minimum atomic E-state index is 0.00180. The Labute approximate surface area is 227 Å². The summed E-state index contributed by atoms with van der Waals surface area (Å²) in [5, 5.41) is 9.55. The van der Waals surface area contributed by atoms with Crippen molar-refractivity contribution in [2.24, 2.45) is 0 Å². The maximum absolute atomic E-state index is 13.0. The molecule has 9 heteroatoms. The lowest BCUT2D eigenvalue weighted by Gasteiger charge is -2.18. The number of aryl methyl sites for hydroxylation is 1. The second-order valence-electron chi connectivity index (χ2n) is 8.72. The fourth-order valence-electron chi connectivity index (χ4n) is 3.98. The van der Waals surface area contributed by atoms with Crippen LogP contribution in [0.25, 0.3) is 17.1 Å². The molecule has 1 aromatic heterocycles. The van der Waals surface area contributed by atoms with Crippen molar-refractivity contribution in [2.45, 2.75) is 18.5 Å². The van der Waals surface area contributed by atoms with E-state index in [9.17, 15) is 4.79 Å². The van der Waals surface area contributed by atoms with Gasteiger partial charge in [0.2, 0.25) is 5.91 Å². The van der Waals surface area contributed by atoms with E-state index in [2.05, 4.69) is 10.2 Å². The van der Waals surface area contributed by atoms with Crippen LogP contribution in [-0.2, 0) is 11.2 Å². The zero-order valence-corrected chi connectivity index (χ0v) is 23.1. The lowest BCUT2D eigenvalue weighted by molar-refractivity contribution is -0.127. The van der Waals surface area contributed by atoms with Crippen LogP contribution in [0.5, 0.6) is 17.2 Å².